The first-order valence-corrected chi connectivity index (χ1v) is 6.78. The minimum Gasteiger partial charge on any atom is -0.478 e. The zero-order valence-electron chi connectivity index (χ0n) is 12.8. The van der Waals surface area contributed by atoms with Crippen LogP contribution in [0, 0.1) is 0 Å². The summed E-state index contributed by atoms with van der Waals surface area (Å²) < 4.78 is 15.3. The Labute approximate surface area is 132 Å². The van der Waals surface area contributed by atoms with Crippen molar-refractivity contribution in [3.63, 3.8) is 0 Å². The first kappa shape index (κ1) is 16.7. The van der Waals surface area contributed by atoms with E-state index < -0.39 is 11.9 Å². The van der Waals surface area contributed by atoms with E-state index in [4.69, 9.17) is 19.0 Å². The van der Waals surface area contributed by atoms with E-state index in [0.29, 0.717) is 17.0 Å². The molecule has 1 heterocycles. The second-order valence-corrected chi connectivity index (χ2v) is 4.81. The van der Waals surface area contributed by atoms with E-state index in [1.54, 1.807) is 12.1 Å². The molecule has 1 aromatic carbocycles. The number of carboxylic acid groups (broad SMARTS) is 1. The van der Waals surface area contributed by atoms with Crippen LogP contribution in [0.4, 0.5) is 5.69 Å². The van der Waals surface area contributed by atoms with Gasteiger partial charge < -0.3 is 24.3 Å². The monoisotopic (exact) mass is 319 g/mol. The number of hydrogen-bond acceptors (Lipinski definition) is 5. The third-order valence-corrected chi connectivity index (χ3v) is 2.98. The number of nitrogens with one attached hydrogen (secondary N) is 1. The average molecular weight is 319 g/mol. The second kappa shape index (κ2) is 7.57. The van der Waals surface area contributed by atoms with Crippen molar-refractivity contribution in [3.05, 3.63) is 53.0 Å². The van der Waals surface area contributed by atoms with Gasteiger partial charge in [-0.1, -0.05) is 0 Å². The van der Waals surface area contributed by atoms with Crippen LogP contribution in [0.1, 0.15) is 32.2 Å². The molecule has 2 N–H and O–H groups in total. The zero-order chi connectivity index (χ0) is 16.8. The number of hydrogen-bond donors (Lipinski definition) is 2. The maximum absolute atomic E-state index is 12.2. The van der Waals surface area contributed by atoms with Crippen molar-refractivity contribution >= 4 is 17.6 Å². The van der Waals surface area contributed by atoms with Gasteiger partial charge in [0.2, 0.25) is 0 Å². The van der Waals surface area contributed by atoms with Gasteiger partial charge >= 0.3 is 5.97 Å². The van der Waals surface area contributed by atoms with Crippen LogP contribution in [0.3, 0.4) is 0 Å². The van der Waals surface area contributed by atoms with E-state index in [9.17, 15) is 9.59 Å². The molecule has 2 aromatic rings. The maximum atomic E-state index is 12.2. The minimum atomic E-state index is -1.08. The molecule has 2 rings (SSSR count). The topological polar surface area (TPSA) is 98.0 Å². The zero-order valence-corrected chi connectivity index (χ0v) is 12.8. The lowest BCUT2D eigenvalue weighted by atomic mass is 10.1. The van der Waals surface area contributed by atoms with Gasteiger partial charge in [0.1, 0.15) is 12.4 Å². The molecule has 0 atom stereocenters. The normalized spacial score (nSPS) is 10.5. The maximum Gasteiger partial charge on any atom is 0.335 e. The fourth-order valence-corrected chi connectivity index (χ4v) is 2.05. The average Bonchev–Trinajstić information content (AvgIpc) is 2.96. The number of carbonyl (C=O) groups is 2. The fraction of sp³-hybridized carbons (Fsp3) is 0.250. The van der Waals surface area contributed by atoms with E-state index in [-0.39, 0.29) is 24.5 Å². The number of aromatic carboxylic acids is 1. The molecule has 7 nitrogen and oxygen atoms in total. The summed E-state index contributed by atoms with van der Waals surface area (Å²) in [6.45, 7) is 0.502. The van der Waals surface area contributed by atoms with Crippen LogP contribution in [-0.4, -0.2) is 31.2 Å². The Hall–Kier alpha value is -2.64. The van der Waals surface area contributed by atoms with Gasteiger partial charge in [-0.2, -0.15) is 0 Å². The Kier molecular flexibility index (Phi) is 5.51. The summed E-state index contributed by atoms with van der Waals surface area (Å²) in [6, 6.07) is 7.68. The Bertz CT molecular complexity index is 706. The third kappa shape index (κ3) is 4.41. The van der Waals surface area contributed by atoms with E-state index in [1.807, 2.05) is 0 Å². The quantitative estimate of drug-likeness (QED) is 0.814. The van der Waals surface area contributed by atoms with Crippen LogP contribution in [0.5, 0.6) is 0 Å². The molecule has 1 amide bonds. The van der Waals surface area contributed by atoms with Gasteiger partial charge in [-0.25, -0.2) is 4.79 Å². The number of anilines is 1. The van der Waals surface area contributed by atoms with Crippen LogP contribution >= 0.6 is 0 Å². The van der Waals surface area contributed by atoms with Crippen molar-refractivity contribution in [2.24, 2.45) is 0 Å². The Morgan fingerprint density at radius 1 is 1.13 bits per heavy atom. The molecule has 0 aliphatic heterocycles. The van der Waals surface area contributed by atoms with Crippen LogP contribution in [-0.2, 0) is 22.7 Å². The molecule has 7 heteroatoms. The lowest BCUT2D eigenvalue weighted by molar-refractivity contribution is 0.0696. The largest absolute Gasteiger partial charge is 0.478 e. The predicted octanol–water partition coefficient (Wildman–Crippen LogP) is 2.52. The van der Waals surface area contributed by atoms with Crippen LogP contribution in [0.2, 0.25) is 0 Å². The van der Waals surface area contributed by atoms with E-state index in [2.05, 4.69) is 5.32 Å². The number of furan rings is 1. The molecular formula is C16H17NO6. The molecule has 1 aromatic heterocycles. The van der Waals surface area contributed by atoms with Gasteiger partial charge in [-0.15, -0.1) is 0 Å². The predicted molar refractivity (Wildman–Crippen MR) is 81.5 cm³/mol. The Morgan fingerprint density at radius 2 is 1.87 bits per heavy atom. The number of amides is 1. The SMILES string of the molecule is COCc1cc(NC(=O)c2ccc(COC)o2)cc(C(=O)O)c1. The molecule has 0 saturated heterocycles. The molecule has 0 aliphatic rings. The van der Waals surface area contributed by atoms with Crippen molar-refractivity contribution in [2.45, 2.75) is 13.2 Å². The fourth-order valence-electron chi connectivity index (χ4n) is 2.05. The van der Waals surface area contributed by atoms with Gasteiger partial charge in [-0.05, 0) is 35.9 Å². The van der Waals surface area contributed by atoms with E-state index in [1.165, 1.54) is 32.4 Å². The number of carboxylic acids is 1. The first-order valence-electron chi connectivity index (χ1n) is 6.78. The highest BCUT2D eigenvalue weighted by molar-refractivity contribution is 6.03. The third-order valence-electron chi connectivity index (χ3n) is 2.98. The molecule has 0 spiro atoms. The summed E-state index contributed by atoms with van der Waals surface area (Å²) in [7, 11) is 3.03. The summed E-state index contributed by atoms with van der Waals surface area (Å²) in [6.07, 6.45) is 0. The number of rotatable bonds is 7. The molecule has 23 heavy (non-hydrogen) atoms. The van der Waals surface area contributed by atoms with Crippen molar-refractivity contribution in [1.29, 1.82) is 0 Å². The van der Waals surface area contributed by atoms with Crippen molar-refractivity contribution in [2.75, 3.05) is 19.5 Å². The summed E-state index contributed by atoms with van der Waals surface area (Å²) in [5.41, 5.74) is 1.06. The van der Waals surface area contributed by atoms with Crippen LogP contribution in [0.15, 0.2) is 34.7 Å². The Balaban J connectivity index is 2.20. The van der Waals surface area contributed by atoms with Gasteiger partial charge in [0.05, 0.1) is 12.2 Å². The summed E-state index contributed by atoms with van der Waals surface area (Å²) in [5, 5.41) is 11.7. The van der Waals surface area contributed by atoms with Gasteiger partial charge in [0.15, 0.2) is 5.76 Å². The number of benzene rings is 1. The minimum absolute atomic E-state index is 0.0642. The lowest BCUT2D eigenvalue weighted by Crippen LogP contribution is -2.12. The summed E-state index contributed by atoms with van der Waals surface area (Å²) in [4.78, 5) is 23.3. The molecule has 0 saturated carbocycles. The number of ether oxygens (including phenoxy) is 2. The number of carbonyl (C=O) groups excluding carboxylic acids is 1. The molecular weight excluding hydrogens is 302 g/mol. The van der Waals surface area contributed by atoms with Gasteiger partial charge in [-0.3, -0.25) is 4.79 Å². The van der Waals surface area contributed by atoms with E-state index in [0.717, 1.165) is 0 Å². The smallest absolute Gasteiger partial charge is 0.335 e. The van der Waals surface area contributed by atoms with E-state index >= 15 is 0 Å². The highest BCUT2D eigenvalue weighted by Gasteiger charge is 2.14. The molecule has 0 unspecified atom stereocenters. The van der Waals surface area contributed by atoms with Gasteiger partial charge in [0.25, 0.3) is 5.91 Å². The lowest BCUT2D eigenvalue weighted by Gasteiger charge is -2.08. The summed E-state index contributed by atoms with van der Waals surface area (Å²) in [5.74, 6) is -0.917. The highest BCUT2D eigenvalue weighted by Crippen LogP contribution is 2.18. The molecule has 122 valence electrons. The summed E-state index contributed by atoms with van der Waals surface area (Å²) >= 11 is 0. The van der Waals surface area contributed by atoms with Crippen LogP contribution in [0.25, 0.3) is 0 Å². The van der Waals surface area contributed by atoms with Gasteiger partial charge in [0, 0.05) is 19.9 Å². The molecule has 0 aliphatic carbocycles. The first-order chi connectivity index (χ1) is 11.0. The van der Waals surface area contributed by atoms with Crippen LogP contribution < -0.4 is 5.32 Å². The van der Waals surface area contributed by atoms with Crippen molar-refractivity contribution in [1.82, 2.24) is 0 Å². The second-order valence-electron chi connectivity index (χ2n) is 4.81. The van der Waals surface area contributed by atoms with Crippen molar-refractivity contribution in [3.8, 4) is 0 Å². The molecule has 0 bridgehead atoms. The molecule has 0 fully saturated rings. The Morgan fingerprint density at radius 3 is 2.52 bits per heavy atom. The number of methoxy groups -OCH3 is 2. The van der Waals surface area contributed by atoms with Crippen molar-refractivity contribution < 1.29 is 28.6 Å². The highest BCUT2D eigenvalue weighted by atomic mass is 16.5. The standard InChI is InChI=1S/C16H17NO6/c1-21-8-10-5-11(16(19)20)7-12(6-10)17-15(18)14-4-3-13(23-14)9-22-2/h3-7H,8-9H2,1-2H3,(H,17,18)(H,19,20). The molecule has 0 radical (unpaired) electrons.